The molecule has 1 aliphatic rings. The van der Waals surface area contributed by atoms with Gasteiger partial charge in [-0.15, -0.1) is 0 Å². The molecule has 0 radical (unpaired) electrons. The maximum atomic E-state index is 12.7. The molecule has 112 valence electrons. The molecule has 1 aliphatic carbocycles. The monoisotopic (exact) mass is 307 g/mol. The Kier molecular flexibility index (Phi) is 3.83. The fourth-order valence-electron chi connectivity index (χ4n) is 1.88. The molecule has 7 heteroatoms. The number of aryl methyl sites for hydroxylation is 1. The van der Waals surface area contributed by atoms with E-state index >= 15 is 0 Å². The quantitative estimate of drug-likeness (QED) is 0.790. The van der Waals surface area contributed by atoms with Crippen molar-refractivity contribution in [1.82, 2.24) is 0 Å². The zero-order chi connectivity index (χ0) is 15.1. The molecule has 0 unspecified atom stereocenters. The van der Waals surface area contributed by atoms with Gasteiger partial charge in [-0.2, -0.15) is 17.6 Å². The molecule has 0 fully saturated rings. The lowest BCUT2D eigenvalue weighted by Gasteiger charge is -2.16. The van der Waals surface area contributed by atoms with Gasteiger partial charge in [0.15, 0.2) is 5.76 Å². The maximum Gasteiger partial charge on any atom is 0.449 e. The van der Waals surface area contributed by atoms with Gasteiger partial charge in [0.05, 0.1) is 10.5 Å². The van der Waals surface area contributed by atoms with E-state index in [1.165, 1.54) is 0 Å². The third kappa shape index (κ3) is 3.13. The molecule has 0 aliphatic heterocycles. The lowest BCUT2D eigenvalue weighted by Crippen LogP contribution is -2.22. The van der Waals surface area contributed by atoms with Gasteiger partial charge >= 0.3 is 6.18 Å². The highest BCUT2D eigenvalue weighted by Crippen LogP contribution is 2.35. The molecule has 1 heterocycles. The van der Waals surface area contributed by atoms with Gasteiger partial charge in [-0.25, -0.2) is 4.21 Å². The van der Waals surface area contributed by atoms with Crippen molar-refractivity contribution >= 4 is 16.7 Å². The molecule has 1 atom stereocenters. The molecular weight excluding hydrogens is 291 g/mol. The Hall–Kier alpha value is -1.11. The third-order valence-corrected chi connectivity index (χ3v) is 4.36. The standard InChI is InChI=1S/C13H16F3NO2S/c1-12(2,3)20(18)17-9-6-4-5-8-7-10(13(14,15)16)19-11(8)9/h7H,4-6H2,1-3H3/t20-/m1/s1. The van der Waals surface area contributed by atoms with Gasteiger partial charge in [0.1, 0.15) is 11.0 Å². The predicted octanol–water partition coefficient (Wildman–Crippen LogP) is 3.89. The maximum absolute atomic E-state index is 12.7. The molecule has 0 amide bonds. The zero-order valence-corrected chi connectivity index (χ0v) is 12.3. The molecule has 2 rings (SSSR count). The first-order chi connectivity index (χ1) is 9.09. The molecule has 0 bridgehead atoms. The normalized spacial score (nSPS) is 20.0. The van der Waals surface area contributed by atoms with Gasteiger partial charge < -0.3 is 4.42 Å². The van der Waals surface area contributed by atoms with E-state index in [1.807, 2.05) is 0 Å². The van der Waals surface area contributed by atoms with E-state index in [2.05, 4.69) is 4.40 Å². The summed E-state index contributed by atoms with van der Waals surface area (Å²) in [5.41, 5.74) is 0.864. The van der Waals surface area contributed by atoms with Crippen molar-refractivity contribution in [1.29, 1.82) is 0 Å². The molecule has 0 spiro atoms. The summed E-state index contributed by atoms with van der Waals surface area (Å²) in [7, 11) is -1.51. The van der Waals surface area contributed by atoms with E-state index in [1.54, 1.807) is 20.8 Å². The van der Waals surface area contributed by atoms with E-state index in [4.69, 9.17) is 4.42 Å². The first kappa shape index (κ1) is 15.3. The molecule has 0 N–H and O–H groups in total. The van der Waals surface area contributed by atoms with E-state index < -0.39 is 27.7 Å². The van der Waals surface area contributed by atoms with Crippen LogP contribution in [0.25, 0.3) is 0 Å². The highest BCUT2D eigenvalue weighted by Gasteiger charge is 2.37. The number of halogens is 3. The topological polar surface area (TPSA) is 42.6 Å². The predicted molar refractivity (Wildman–Crippen MR) is 71.1 cm³/mol. The minimum absolute atomic E-state index is 0.140. The smallest absolute Gasteiger partial charge is 0.449 e. The summed E-state index contributed by atoms with van der Waals surface area (Å²) in [5.74, 6) is -0.875. The fourth-order valence-corrected chi connectivity index (χ4v) is 2.53. The Morgan fingerprint density at radius 2 is 1.90 bits per heavy atom. The molecule has 1 aromatic heterocycles. The van der Waals surface area contributed by atoms with Crippen LogP contribution >= 0.6 is 0 Å². The van der Waals surface area contributed by atoms with Crippen molar-refractivity contribution in [2.75, 3.05) is 0 Å². The lowest BCUT2D eigenvalue weighted by atomic mass is 9.97. The van der Waals surface area contributed by atoms with Gasteiger partial charge in [-0.1, -0.05) is 0 Å². The molecule has 0 aromatic carbocycles. The van der Waals surface area contributed by atoms with Crippen LogP contribution in [0.2, 0.25) is 0 Å². The molecule has 3 nitrogen and oxygen atoms in total. The lowest BCUT2D eigenvalue weighted by molar-refractivity contribution is -0.153. The Labute approximate surface area is 117 Å². The number of hydrogen-bond donors (Lipinski definition) is 0. The highest BCUT2D eigenvalue weighted by molar-refractivity contribution is 7.85. The highest BCUT2D eigenvalue weighted by atomic mass is 32.2. The molecule has 0 saturated carbocycles. The number of fused-ring (bicyclic) bond motifs is 1. The van der Waals surface area contributed by atoms with Crippen molar-refractivity contribution in [3.8, 4) is 0 Å². The number of alkyl halides is 3. The Morgan fingerprint density at radius 3 is 2.45 bits per heavy atom. The number of nitrogens with zero attached hydrogens (tertiary/aromatic N) is 1. The fraction of sp³-hybridized carbons (Fsp3) is 0.615. The third-order valence-electron chi connectivity index (χ3n) is 2.93. The van der Waals surface area contributed by atoms with Crippen LogP contribution in [0.3, 0.4) is 0 Å². The second-order valence-corrected chi connectivity index (χ2v) is 7.62. The Morgan fingerprint density at radius 1 is 1.25 bits per heavy atom. The van der Waals surface area contributed by atoms with Crippen LogP contribution in [0, 0.1) is 0 Å². The summed E-state index contributed by atoms with van der Waals surface area (Å²) in [5, 5.41) is 0. The van der Waals surface area contributed by atoms with Crippen LogP contribution < -0.4 is 0 Å². The summed E-state index contributed by atoms with van der Waals surface area (Å²) in [6.07, 6.45) is -2.81. The number of rotatable bonds is 1. The second kappa shape index (κ2) is 5.02. The minimum atomic E-state index is -4.51. The Bertz CT molecular complexity index is 567. The van der Waals surface area contributed by atoms with Crippen molar-refractivity contribution in [2.24, 2.45) is 4.40 Å². The number of furan rings is 1. The van der Waals surface area contributed by atoms with Gasteiger partial charge in [0, 0.05) is 5.56 Å². The average Bonchev–Trinajstić information content (AvgIpc) is 2.72. The zero-order valence-electron chi connectivity index (χ0n) is 11.5. The average molecular weight is 307 g/mol. The molecule has 1 aromatic rings. The van der Waals surface area contributed by atoms with E-state index in [-0.39, 0.29) is 5.76 Å². The number of hydrogen-bond acceptors (Lipinski definition) is 2. The van der Waals surface area contributed by atoms with E-state index in [9.17, 15) is 17.4 Å². The van der Waals surface area contributed by atoms with Crippen LogP contribution in [-0.4, -0.2) is 14.7 Å². The van der Waals surface area contributed by atoms with Crippen molar-refractivity contribution < 1.29 is 21.8 Å². The second-order valence-electron chi connectivity index (χ2n) is 5.72. The summed E-state index contributed by atoms with van der Waals surface area (Å²) in [6.45, 7) is 5.29. The van der Waals surface area contributed by atoms with Crippen LogP contribution in [0.5, 0.6) is 0 Å². The van der Waals surface area contributed by atoms with Crippen molar-refractivity contribution in [3.63, 3.8) is 0 Å². The Balaban J connectivity index is 2.41. The van der Waals surface area contributed by atoms with E-state index in [0.29, 0.717) is 30.5 Å². The van der Waals surface area contributed by atoms with E-state index in [0.717, 1.165) is 6.07 Å². The molecular formula is C13H16F3NO2S. The minimum Gasteiger partial charge on any atom is -0.450 e. The van der Waals surface area contributed by atoms with Crippen LogP contribution in [0.1, 0.15) is 50.7 Å². The van der Waals surface area contributed by atoms with Crippen LogP contribution in [0.4, 0.5) is 13.2 Å². The van der Waals surface area contributed by atoms with Crippen molar-refractivity contribution in [3.05, 3.63) is 23.2 Å². The summed E-state index contributed by atoms with van der Waals surface area (Å²) < 4.78 is 58.4. The van der Waals surface area contributed by atoms with Gasteiger partial charge in [-0.05, 0) is 46.1 Å². The molecule has 20 heavy (non-hydrogen) atoms. The first-order valence-electron chi connectivity index (χ1n) is 6.29. The summed E-state index contributed by atoms with van der Waals surface area (Å²) in [4.78, 5) is 0. The van der Waals surface area contributed by atoms with Crippen LogP contribution in [0.15, 0.2) is 14.9 Å². The van der Waals surface area contributed by atoms with Gasteiger partial charge in [0.25, 0.3) is 0 Å². The molecule has 0 saturated heterocycles. The summed E-state index contributed by atoms with van der Waals surface area (Å²) >= 11 is 0. The van der Waals surface area contributed by atoms with Crippen molar-refractivity contribution in [2.45, 2.75) is 51.0 Å². The van der Waals surface area contributed by atoms with Gasteiger partial charge in [-0.3, -0.25) is 0 Å². The first-order valence-corrected chi connectivity index (χ1v) is 7.39. The van der Waals surface area contributed by atoms with Gasteiger partial charge in [0.2, 0.25) is 5.76 Å². The SMILES string of the molecule is CC(C)(C)[S@@](=O)N=C1CCCc2cc(C(F)(F)F)oc21. The largest absolute Gasteiger partial charge is 0.450 e. The van der Waals surface area contributed by atoms with Crippen LogP contribution in [-0.2, 0) is 23.6 Å². The summed E-state index contributed by atoms with van der Waals surface area (Å²) in [6, 6.07) is 1.02.